The van der Waals surface area contributed by atoms with Gasteiger partial charge in [0.25, 0.3) is 5.91 Å². The summed E-state index contributed by atoms with van der Waals surface area (Å²) in [7, 11) is 0. The number of amides is 1. The predicted molar refractivity (Wildman–Crippen MR) is 73.5 cm³/mol. The fourth-order valence-electron chi connectivity index (χ4n) is 1.31. The lowest BCUT2D eigenvalue weighted by atomic mass is 10.2. The number of alkyl halides is 1. The van der Waals surface area contributed by atoms with Gasteiger partial charge < -0.3 is 4.74 Å². The summed E-state index contributed by atoms with van der Waals surface area (Å²) >= 11 is 4.50. The van der Waals surface area contributed by atoms with Gasteiger partial charge in [-0.2, -0.15) is 0 Å². The van der Waals surface area contributed by atoms with Crippen molar-refractivity contribution >= 4 is 38.3 Å². The molecule has 1 aromatic carbocycles. The summed E-state index contributed by atoms with van der Waals surface area (Å²) in [4.78, 5) is 11.9. The van der Waals surface area contributed by atoms with E-state index < -0.39 is 0 Å². The number of halogens is 1. The van der Waals surface area contributed by atoms with E-state index in [0.29, 0.717) is 22.0 Å². The minimum Gasteiger partial charge on any atom is -0.482 e. The molecule has 18 heavy (non-hydrogen) atoms. The molecule has 0 saturated carbocycles. The van der Waals surface area contributed by atoms with E-state index in [0.717, 1.165) is 5.01 Å². The second-order valence-electron chi connectivity index (χ2n) is 3.36. The molecule has 0 fully saturated rings. The number of aromatic nitrogens is 2. The molecule has 5 nitrogen and oxygen atoms in total. The Morgan fingerprint density at radius 3 is 3.00 bits per heavy atom. The highest BCUT2D eigenvalue weighted by atomic mass is 79.9. The molecular formula is C11H10BrN3O2S. The van der Waals surface area contributed by atoms with Gasteiger partial charge in [0.2, 0.25) is 5.13 Å². The maximum atomic E-state index is 11.9. The number of ether oxygens (including phenoxy) is 1. The van der Waals surface area contributed by atoms with Gasteiger partial charge in [0.05, 0.1) is 0 Å². The minimum atomic E-state index is -0.230. The molecule has 1 N–H and O–H groups in total. The van der Waals surface area contributed by atoms with Gasteiger partial charge in [-0.1, -0.05) is 17.4 Å². The topological polar surface area (TPSA) is 64.1 Å². The Hall–Kier alpha value is -1.47. The van der Waals surface area contributed by atoms with Crippen LogP contribution in [0.25, 0.3) is 0 Å². The monoisotopic (exact) mass is 327 g/mol. The number of nitrogens with one attached hydrogen (secondary N) is 1. The van der Waals surface area contributed by atoms with Gasteiger partial charge in [-0.05, 0) is 41.1 Å². The lowest BCUT2D eigenvalue weighted by Crippen LogP contribution is -2.11. The molecular weight excluding hydrogens is 318 g/mol. The maximum Gasteiger partial charge on any atom is 0.257 e. The lowest BCUT2D eigenvalue weighted by Gasteiger charge is -2.04. The first-order valence-corrected chi connectivity index (χ1v) is 7.03. The van der Waals surface area contributed by atoms with Crippen molar-refractivity contribution in [3.8, 4) is 5.75 Å². The van der Waals surface area contributed by atoms with E-state index in [1.165, 1.54) is 11.3 Å². The molecule has 94 valence electrons. The number of hydrogen-bond donors (Lipinski definition) is 1. The first-order chi connectivity index (χ1) is 8.69. The van der Waals surface area contributed by atoms with Gasteiger partial charge >= 0.3 is 0 Å². The highest BCUT2D eigenvalue weighted by Gasteiger charge is 2.09. The van der Waals surface area contributed by atoms with Crippen molar-refractivity contribution in [1.29, 1.82) is 0 Å². The van der Waals surface area contributed by atoms with Gasteiger partial charge in [-0.25, -0.2) is 0 Å². The van der Waals surface area contributed by atoms with Crippen LogP contribution >= 0.6 is 27.3 Å². The number of nitrogens with zero attached hydrogens (tertiary/aromatic N) is 2. The quantitative estimate of drug-likeness (QED) is 0.877. The lowest BCUT2D eigenvalue weighted by molar-refractivity contribution is 0.102. The molecule has 0 bridgehead atoms. The minimum absolute atomic E-state index is 0.230. The summed E-state index contributed by atoms with van der Waals surface area (Å²) in [5.74, 6) is 0.402. The number of hydrogen-bond acceptors (Lipinski definition) is 5. The SMILES string of the molecule is Cc1nnc(NC(=O)c2cccc(OCBr)c2)s1. The number of carbonyl (C=O) groups excluding carboxylic acids is 1. The predicted octanol–water partition coefficient (Wildman–Crippen LogP) is 2.83. The molecule has 0 aliphatic carbocycles. The molecule has 0 unspecified atom stereocenters. The van der Waals surface area contributed by atoms with Crippen LogP contribution in [0.1, 0.15) is 15.4 Å². The van der Waals surface area contributed by atoms with Crippen molar-refractivity contribution in [1.82, 2.24) is 10.2 Å². The zero-order chi connectivity index (χ0) is 13.0. The van der Waals surface area contributed by atoms with Crippen LogP contribution in [0.3, 0.4) is 0 Å². The number of rotatable bonds is 4. The first kappa shape index (κ1) is 13.0. The first-order valence-electron chi connectivity index (χ1n) is 5.09. The summed E-state index contributed by atoms with van der Waals surface area (Å²) in [6.45, 7) is 1.83. The molecule has 2 rings (SSSR count). The van der Waals surface area contributed by atoms with Gasteiger partial charge in [0, 0.05) is 5.56 Å². The van der Waals surface area contributed by atoms with Gasteiger partial charge in [0.1, 0.15) is 16.3 Å². The number of benzene rings is 1. The molecule has 0 aliphatic heterocycles. The van der Waals surface area contributed by atoms with Crippen LogP contribution in [0.5, 0.6) is 5.75 Å². The van der Waals surface area contributed by atoms with Gasteiger partial charge in [0.15, 0.2) is 0 Å². The van der Waals surface area contributed by atoms with Crippen LogP contribution in [0.15, 0.2) is 24.3 Å². The van der Waals surface area contributed by atoms with Crippen LogP contribution in [0.2, 0.25) is 0 Å². The standard InChI is InChI=1S/C11H10BrN3O2S/c1-7-14-15-11(18-7)13-10(16)8-3-2-4-9(5-8)17-6-12/h2-5H,6H2,1H3,(H,13,15,16). The second-order valence-corrected chi connectivity index (χ2v) is 5.00. The number of carbonyl (C=O) groups is 1. The molecule has 0 saturated heterocycles. The third-order valence-corrected chi connectivity index (χ3v) is 3.05. The number of anilines is 1. The van der Waals surface area contributed by atoms with E-state index in [1.54, 1.807) is 24.3 Å². The molecule has 7 heteroatoms. The van der Waals surface area contributed by atoms with Crippen LogP contribution in [-0.4, -0.2) is 21.6 Å². The normalized spacial score (nSPS) is 10.1. The zero-order valence-electron chi connectivity index (χ0n) is 9.51. The number of aryl methyl sites for hydroxylation is 1. The highest BCUT2D eigenvalue weighted by molar-refractivity contribution is 9.09. The Labute approximate surface area is 116 Å². The summed E-state index contributed by atoms with van der Waals surface area (Å²) in [6.07, 6.45) is 0. The molecule has 0 spiro atoms. The third kappa shape index (κ3) is 3.27. The zero-order valence-corrected chi connectivity index (χ0v) is 11.9. The van der Waals surface area contributed by atoms with Crippen LogP contribution in [0.4, 0.5) is 5.13 Å². The Balaban J connectivity index is 2.11. The fourth-order valence-corrected chi connectivity index (χ4v) is 2.16. The average molecular weight is 328 g/mol. The third-order valence-electron chi connectivity index (χ3n) is 2.06. The molecule has 1 heterocycles. The van der Waals surface area contributed by atoms with E-state index in [4.69, 9.17) is 4.74 Å². The van der Waals surface area contributed by atoms with Crippen molar-refractivity contribution in [3.05, 3.63) is 34.8 Å². The van der Waals surface area contributed by atoms with Crippen molar-refractivity contribution in [2.75, 3.05) is 10.8 Å². The van der Waals surface area contributed by atoms with Gasteiger partial charge in [-0.15, -0.1) is 10.2 Å². The Kier molecular flexibility index (Phi) is 4.27. The van der Waals surface area contributed by atoms with E-state index >= 15 is 0 Å². The van der Waals surface area contributed by atoms with E-state index in [2.05, 4.69) is 31.4 Å². The summed E-state index contributed by atoms with van der Waals surface area (Å²) in [5.41, 5.74) is 0.898. The smallest absolute Gasteiger partial charge is 0.257 e. The molecule has 0 atom stereocenters. The summed E-state index contributed by atoms with van der Waals surface area (Å²) in [5, 5.41) is 11.7. The second kappa shape index (κ2) is 5.92. The van der Waals surface area contributed by atoms with Crippen molar-refractivity contribution < 1.29 is 9.53 Å². The summed E-state index contributed by atoms with van der Waals surface area (Å²) < 4.78 is 5.26. The molecule has 1 amide bonds. The Bertz CT molecular complexity index is 559. The van der Waals surface area contributed by atoms with Crippen molar-refractivity contribution in [3.63, 3.8) is 0 Å². The van der Waals surface area contributed by atoms with Crippen molar-refractivity contribution in [2.24, 2.45) is 0 Å². The molecule has 2 aromatic rings. The molecule has 1 aromatic heterocycles. The van der Waals surface area contributed by atoms with Crippen LogP contribution < -0.4 is 10.1 Å². The van der Waals surface area contributed by atoms with E-state index in [1.807, 2.05) is 6.92 Å². The van der Waals surface area contributed by atoms with E-state index in [9.17, 15) is 4.79 Å². The Morgan fingerprint density at radius 2 is 2.33 bits per heavy atom. The largest absolute Gasteiger partial charge is 0.482 e. The molecule has 0 aliphatic rings. The fraction of sp³-hybridized carbons (Fsp3) is 0.182. The van der Waals surface area contributed by atoms with Crippen molar-refractivity contribution in [2.45, 2.75) is 6.92 Å². The molecule has 0 radical (unpaired) electrons. The van der Waals surface area contributed by atoms with Crippen LogP contribution in [0, 0.1) is 6.92 Å². The summed E-state index contributed by atoms with van der Waals surface area (Å²) in [6, 6.07) is 6.93. The Morgan fingerprint density at radius 1 is 1.50 bits per heavy atom. The average Bonchev–Trinajstić information content (AvgIpc) is 2.75. The van der Waals surface area contributed by atoms with E-state index in [-0.39, 0.29) is 5.91 Å². The van der Waals surface area contributed by atoms with Gasteiger partial charge in [-0.3, -0.25) is 10.1 Å². The maximum absolute atomic E-state index is 11.9. The highest BCUT2D eigenvalue weighted by Crippen LogP contribution is 2.17. The van der Waals surface area contributed by atoms with Crippen LogP contribution in [-0.2, 0) is 0 Å².